The summed E-state index contributed by atoms with van der Waals surface area (Å²) in [6.45, 7) is 6.32. The van der Waals surface area contributed by atoms with Crippen molar-refractivity contribution < 1.29 is 14.1 Å². The minimum absolute atomic E-state index is 0.0203. The van der Waals surface area contributed by atoms with E-state index in [9.17, 15) is 9.59 Å². The van der Waals surface area contributed by atoms with E-state index in [1.54, 1.807) is 0 Å². The fourth-order valence-electron chi connectivity index (χ4n) is 4.09. The molecule has 0 radical (unpaired) electrons. The number of nitrogens with two attached hydrogens (primary N) is 1. The lowest BCUT2D eigenvalue weighted by molar-refractivity contribution is -0.125. The highest BCUT2D eigenvalue weighted by molar-refractivity contribution is 5.88. The average Bonchev–Trinajstić information content (AvgIpc) is 3.22. The van der Waals surface area contributed by atoms with Gasteiger partial charge in [0.15, 0.2) is 0 Å². The molecule has 3 N–H and O–H groups in total. The molecule has 0 aromatic carbocycles. The highest BCUT2D eigenvalue weighted by atomic mass is 16.5. The van der Waals surface area contributed by atoms with Crippen LogP contribution < -0.4 is 11.1 Å². The summed E-state index contributed by atoms with van der Waals surface area (Å²) in [5, 5.41) is 6.36. The van der Waals surface area contributed by atoms with Gasteiger partial charge in [-0.15, -0.1) is 0 Å². The maximum Gasteiger partial charge on any atom is 0.290 e. The van der Waals surface area contributed by atoms with Crippen LogP contribution >= 0.6 is 0 Å². The van der Waals surface area contributed by atoms with Gasteiger partial charge in [-0.05, 0) is 57.8 Å². The van der Waals surface area contributed by atoms with Gasteiger partial charge in [0.2, 0.25) is 11.8 Å². The van der Waals surface area contributed by atoms with Crippen LogP contribution in [0.2, 0.25) is 0 Å². The normalized spacial score (nSPS) is 23.4. The maximum atomic E-state index is 12.8. The summed E-state index contributed by atoms with van der Waals surface area (Å²) in [4.78, 5) is 32.3. The predicted molar refractivity (Wildman–Crippen MR) is 94.1 cm³/mol. The van der Waals surface area contributed by atoms with Crippen molar-refractivity contribution in [2.75, 3.05) is 33.2 Å². The van der Waals surface area contributed by atoms with Crippen LogP contribution in [0.5, 0.6) is 0 Å². The molecule has 144 valence electrons. The van der Waals surface area contributed by atoms with Crippen LogP contribution in [-0.2, 0) is 11.3 Å². The second kappa shape index (κ2) is 7.71. The van der Waals surface area contributed by atoms with E-state index in [-0.39, 0.29) is 35.6 Å². The Morgan fingerprint density at radius 1 is 1.38 bits per heavy atom. The second-order valence-electron chi connectivity index (χ2n) is 7.59. The van der Waals surface area contributed by atoms with Crippen molar-refractivity contribution in [2.24, 2.45) is 11.1 Å². The maximum absolute atomic E-state index is 12.8. The number of piperidine rings is 1. The van der Waals surface area contributed by atoms with Gasteiger partial charge in [0, 0.05) is 6.54 Å². The van der Waals surface area contributed by atoms with Crippen LogP contribution in [0.3, 0.4) is 0 Å². The van der Waals surface area contributed by atoms with Crippen LogP contribution in [0.15, 0.2) is 4.52 Å². The Morgan fingerprint density at radius 2 is 2.12 bits per heavy atom. The average molecular weight is 364 g/mol. The molecule has 2 aliphatic rings. The molecule has 9 nitrogen and oxygen atoms in total. The molecule has 0 bridgehead atoms. The Balaban J connectivity index is 1.61. The molecular formula is C17H28N6O3. The second-order valence-corrected chi connectivity index (χ2v) is 7.59. The molecule has 1 spiro atoms. The van der Waals surface area contributed by atoms with Gasteiger partial charge >= 0.3 is 0 Å². The van der Waals surface area contributed by atoms with E-state index in [1.807, 2.05) is 0 Å². The van der Waals surface area contributed by atoms with Crippen molar-refractivity contribution in [1.82, 2.24) is 25.3 Å². The molecule has 2 fully saturated rings. The lowest BCUT2D eigenvalue weighted by Crippen LogP contribution is -2.43. The third-order valence-corrected chi connectivity index (χ3v) is 5.57. The number of nitrogens with zero attached hydrogens (tertiary/aromatic N) is 4. The first-order chi connectivity index (χ1) is 12.4. The summed E-state index contributed by atoms with van der Waals surface area (Å²) in [5.41, 5.74) is 5.35. The van der Waals surface area contributed by atoms with Crippen LogP contribution in [-0.4, -0.2) is 71.0 Å². The van der Waals surface area contributed by atoms with Gasteiger partial charge in [0.25, 0.3) is 11.7 Å². The Labute approximate surface area is 153 Å². The molecule has 3 rings (SSSR count). The molecule has 1 atom stereocenters. The number of nitrogens with one attached hydrogen (secondary N) is 1. The van der Waals surface area contributed by atoms with Crippen molar-refractivity contribution in [3.63, 3.8) is 0 Å². The SMILES string of the molecule is CCCN1CC2(CCN(C)CC2)C[C@@H]1C(=O)NCc1nc(C(N)=O)no1. The highest BCUT2D eigenvalue weighted by Gasteiger charge is 2.47. The van der Waals surface area contributed by atoms with E-state index in [4.69, 9.17) is 10.3 Å². The van der Waals surface area contributed by atoms with Crippen LogP contribution in [0.25, 0.3) is 0 Å². The molecular weight excluding hydrogens is 336 g/mol. The van der Waals surface area contributed by atoms with Crippen molar-refractivity contribution in [2.45, 2.75) is 45.2 Å². The minimum atomic E-state index is -0.750. The van der Waals surface area contributed by atoms with Crippen molar-refractivity contribution in [1.29, 1.82) is 0 Å². The van der Waals surface area contributed by atoms with E-state index in [1.165, 1.54) is 0 Å². The third kappa shape index (κ3) is 4.04. The molecule has 0 unspecified atom stereocenters. The lowest BCUT2D eigenvalue weighted by Gasteiger charge is -2.37. The summed E-state index contributed by atoms with van der Waals surface area (Å²) in [7, 11) is 2.15. The standard InChI is InChI=1S/C17H28N6O3/c1-3-6-23-11-17(4-7-22(2)8-5-17)9-12(23)16(25)19-10-13-20-15(14(18)24)21-26-13/h12H,3-11H2,1-2H3,(H2,18,24)(H,19,25)/t12-/m1/s1. The number of carbonyl (C=O) groups is 2. The van der Waals surface area contributed by atoms with E-state index >= 15 is 0 Å². The van der Waals surface area contributed by atoms with Gasteiger partial charge in [0.1, 0.15) is 0 Å². The van der Waals surface area contributed by atoms with E-state index in [0.717, 1.165) is 51.9 Å². The van der Waals surface area contributed by atoms with E-state index in [0.29, 0.717) is 0 Å². The molecule has 2 aliphatic heterocycles. The van der Waals surface area contributed by atoms with Crippen LogP contribution in [0, 0.1) is 5.41 Å². The van der Waals surface area contributed by atoms with Crippen LogP contribution in [0.4, 0.5) is 0 Å². The Kier molecular flexibility index (Phi) is 5.57. The van der Waals surface area contributed by atoms with Gasteiger partial charge in [0.05, 0.1) is 12.6 Å². The number of rotatable bonds is 6. The fourth-order valence-corrected chi connectivity index (χ4v) is 4.09. The molecule has 26 heavy (non-hydrogen) atoms. The van der Waals surface area contributed by atoms with Crippen molar-refractivity contribution in [3.8, 4) is 0 Å². The molecule has 0 aliphatic carbocycles. The number of amides is 2. The quantitative estimate of drug-likeness (QED) is 0.728. The highest BCUT2D eigenvalue weighted by Crippen LogP contribution is 2.43. The summed E-state index contributed by atoms with van der Waals surface area (Å²) in [6, 6.07) is -0.128. The zero-order valence-electron chi connectivity index (χ0n) is 15.5. The number of hydrogen-bond acceptors (Lipinski definition) is 7. The predicted octanol–water partition coefficient (Wildman–Crippen LogP) is -0.0190. The Hall–Kier alpha value is -2.00. The Bertz CT molecular complexity index is 653. The minimum Gasteiger partial charge on any atom is -0.363 e. The van der Waals surface area contributed by atoms with Crippen LogP contribution in [0.1, 0.15) is 49.1 Å². The van der Waals surface area contributed by atoms with Gasteiger partial charge in [-0.3, -0.25) is 14.5 Å². The summed E-state index contributed by atoms with van der Waals surface area (Å²) in [6.07, 6.45) is 4.19. The molecule has 9 heteroatoms. The first-order valence-corrected chi connectivity index (χ1v) is 9.25. The lowest BCUT2D eigenvalue weighted by atomic mass is 9.76. The number of hydrogen-bond donors (Lipinski definition) is 2. The monoisotopic (exact) mass is 364 g/mol. The van der Waals surface area contributed by atoms with E-state index in [2.05, 4.69) is 39.2 Å². The zero-order chi connectivity index (χ0) is 18.7. The van der Waals surface area contributed by atoms with Crippen molar-refractivity contribution >= 4 is 11.8 Å². The summed E-state index contributed by atoms with van der Waals surface area (Å²) < 4.78 is 4.94. The molecule has 1 aromatic rings. The van der Waals surface area contributed by atoms with Gasteiger partial charge in [-0.1, -0.05) is 12.1 Å². The van der Waals surface area contributed by atoms with Crippen molar-refractivity contribution in [3.05, 3.63) is 11.7 Å². The molecule has 2 saturated heterocycles. The number of carbonyl (C=O) groups excluding carboxylic acids is 2. The number of likely N-dealkylation sites (tertiary alicyclic amines) is 2. The van der Waals surface area contributed by atoms with Gasteiger partial charge in [-0.25, -0.2) is 0 Å². The smallest absolute Gasteiger partial charge is 0.290 e. The number of primary amides is 1. The summed E-state index contributed by atoms with van der Waals surface area (Å²) >= 11 is 0. The molecule has 3 heterocycles. The first-order valence-electron chi connectivity index (χ1n) is 9.25. The third-order valence-electron chi connectivity index (χ3n) is 5.57. The topological polar surface area (TPSA) is 118 Å². The fraction of sp³-hybridized carbons (Fsp3) is 0.765. The Morgan fingerprint density at radius 3 is 2.73 bits per heavy atom. The largest absolute Gasteiger partial charge is 0.363 e. The molecule has 1 aromatic heterocycles. The summed E-state index contributed by atoms with van der Waals surface area (Å²) in [5.74, 6) is -0.761. The zero-order valence-corrected chi connectivity index (χ0v) is 15.5. The van der Waals surface area contributed by atoms with E-state index < -0.39 is 5.91 Å². The molecule has 2 amide bonds. The first kappa shape index (κ1) is 18.8. The van der Waals surface area contributed by atoms with Gasteiger partial charge < -0.3 is 20.5 Å². The molecule has 0 saturated carbocycles. The number of aromatic nitrogens is 2. The van der Waals surface area contributed by atoms with Gasteiger partial charge in [-0.2, -0.15) is 4.98 Å².